The number of rotatable bonds is 34. The third-order valence-electron chi connectivity index (χ3n) is 8.70. The minimum atomic E-state index is -1.11. The Hall–Kier alpha value is -1.43. The fourth-order valence-electron chi connectivity index (χ4n) is 5.61. The van der Waals surface area contributed by atoms with Crippen molar-refractivity contribution in [1.29, 1.82) is 0 Å². The number of nitrogens with one attached hydrogen (secondary N) is 1. The molecule has 0 aromatic carbocycles. The molecular weight excluding hydrogens is 558 g/mol. The standard InChI is InChI=1S/C40H75NO4/c1-3-5-7-9-11-13-15-16-17-18-19-20-21-22-23-25-26-28-30-32-34-38(43)37(36-42)41-40(45)39(44)35-33-31-29-27-24-14-12-10-8-6-4-2/h12,14,25-26,32,34,37-39,42-44H,3-11,13,15-24,27-31,33,35-36H2,1-2H3,(H,41,45)/b14-12-,26-25+,34-32+. The molecule has 0 rings (SSSR count). The van der Waals surface area contributed by atoms with Crippen molar-refractivity contribution < 1.29 is 20.1 Å². The lowest BCUT2D eigenvalue weighted by molar-refractivity contribution is -0.131. The van der Waals surface area contributed by atoms with Crippen LogP contribution >= 0.6 is 0 Å². The molecule has 264 valence electrons. The number of carbonyl (C=O) groups excluding carboxylic acids is 1. The molecule has 0 radical (unpaired) electrons. The highest BCUT2D eigenvalue weighted by atomic mass is 16.3. The van der Waals surface area contributed by atoms with Crippen LogP contribution in [0.1, 0.15) is 187 Å². The lowest BCUT2D eigenvalue weighted by atomic mass is 10.0. The maximum atomic E-state index is 12.4. The topological polar surface area (TPSA) is 89.8 Å². The highest BCUT2D eigenvalue weighted by Crippen LogP contribution is 2.14. The molecule has 1 amide bonds. The first-order valence-electron chi connectivity index (χ1n) is 19.3. The van der Waals surface area contributed by atoms with Crippen molar-refractivity contribution in [3.05, 3.63) is 36.5 Å². The molecule has 0 aliphatic rings. The number of amides is 1. The van der Waals surface area contributed by atoms with Gasteiger partial charge in [0, 0.05) is 0 Å². The average Bonchev–Trinajstić information content (AvgIpc) is 3.04. The highest BCUT2D eigenvalue weighted by molar-refractivity contribution is 5.80. The lowest BCUT2D eigenvalue weighted by Gasteiger charge is -2.21. The Morgan fingerprint density at radius 3 is 1.40 bits per heavy atom. The molecule has 0 fully saturated rings. The van der Waals surface area contributed by atoms with E-state index in [-0.39, 0.29) is 6.61 Å². The average molecular weight is 634 g/mol. The molecule has 3 atom stereocenters. The van der Waals surface area contributed by atoms with Gasteiger partial charge in [0.2, 0.25) is 5.91 Å². The zero-order chi connectivity index (χ0) is 33.1. The Kier molecular flexibility index (Phi) is 34.3. The summed E-state index contributed by atoms with van der Waals surface area (Å²) in [4.78, 5) is 12.4. The van der Waals surface area contributed by atoms with E-state index in [1.54, 1.807) is 6.08 Å². The van der Waals surface area contributed by atoms with Crippen LogP contribution < -0.4 is 5.32 Å². The summed E-state index contributed by atoms with van der Waals surface area (Å²) in [6, 6.07) is -0.816. The summed E-state index contributed by atoms with van der Waals surface area (Å²) in [7, 11) is 0. The van der Waals surface area contributed by atoms with Crippen molar-refractivity contribution in [2.75, 3.05) is 6.61 Å². The third-order valence-corrected chi connectivity index (χ3v) is 8.70. The van der Waals surface area contributed by atoms with Gasteiger partial charge in [0.15, 0.2) is 0 Å². The molecular formula is C40H75NO4. The Morgan fingerprint density at radius 2 is 0.911 bits per heavy atom. The highest BCUT2D eigenvalue weighted by Gasteiger charge is 2.22. The molecule has 0 saturated heterocycles. The minimum absolute atomic E-state index is 0.380. The summed E-state index contributed by atoms with van der Waals surface area (Å²) in [5.74, 6) is -0.525. The van der Waals surface area contributed by atoms with Crippen molar-refractivity contribution >= 4 is 5.91 Å². The molecule has 0 aliphatic heterocycles. The first-order valence-corrected chi connectivity index (χ1v) is 19.3. The zero-order valence-electron chi connectivity index (χ0n) is 29.7. The molecule has 3 unspecified atom stereocenters. The van der Waals surface area contributed by atoms with Crippen molar-refractivity contribution in [2.24, 2.45) is 0 Å². The van der Waals surface area contributed by atoms with Crippen LogP contribution in [0.4, 0.5) is 0 Å². The number of aliphatic hydroxyl groups excluding tert-OH is 3. The molecule has 4 N–H and O–H groups in total. The van der Waals surface area contributed by atoms with Crippen molar-refractivity contribution in [2.45, 2.75) is 205 Å². The van der Waals surface area contributed by atoms with Crippen molar-refractivity contribution in [3.63, 3.8) is 0 Å². The molecule has 0 spiro atoms. The van der Waals surface area contributed by atoms with Crippen molar-refractivity contribution in [3.8, 4) is 0 Å². The fourth-order valence-corrected chi connectivity index (χ4v) is 5.61. The minimum Gasteiger partial charge on any atom is -0.394 e. The lowest BCUT2D eigenvalue weighted by Crippen LogP contribution is -2.48. The van der Waals surface area contributed by atoms with Gasteiger partial charge in [0.05, 0.1) is 18.8 Å². The van der Waals surface area contributed by atoms with E-state index in [1.807, 2.05) is 6.08 Å². The summed E-state index contributed by atoms with van der Waals surface area (Å²) in [6.07, 6.45) is 43.1. The fraction of sp³-hybridized carbons (Fsp3) is 0.825. The molecule has 0 aliphatic carbocycles. The quantitative estimate of drug-likeness (QED) is 0.0419. The van der Waals surface area contributed by atoms with Gasteiger partial charge in [-0.15, -0.1) is 0 Å². The molecule has 45 heavy (non-hydrogen) atoms. The SMILES string of the molecule is CCCCC/C=C\CCCCCCC(O)C(=O)NC(CO)C(O)/C=C/CC/C=C/CCCCCCCCCCCCCCCC. The van der Waals surface area contributed by atoms with Gasteiger partial charge in [-0.2, -0.15) is 0 Å². The van der Waals surface area contributed by atoms with Crippen LogP contribution in [0.25, 0.3) is 0 Å². The molecule has 0 saturated carbocycles. The second kappa shape index (κ2) is 35.4. The largest absolute Gasteiger partial charge is 0.394 e. The van der Waals surface area contributed by atoms with Crippen LogP contribution in [0.2, 0.25) is 0 Å². The van der Waals surface area contributed by atoms with Gasteiger partial charge in [-0.05, 0) is 57.8 Å². The number of allylic oxidation sites excluding steroid dienone is 5. The molecule has 0 aromatic rings. The van der Waals surface area contributed by atoms with Crippen molar-refractivity contribution in [1.82, 2.24) is 5.32 Å². The van der Waals surface area contributed by atoms with Gasteiger partial charge >= 0.3 is 0 Å². The number of hydrogen-bond donors (Lipinski definition) is 4. The molecule has 5 heteroatoms. The van der Waals surface area contributed by atoms with Crippen LogP contribution in [0.15, 0.2) is 36.5 Å². The van der Waals surface area contributed by atoms with E-state index in [1.165, 1.54) is 116 Å². The van der Waals surface area contributed by atoms with Gasteiger partial charge in [-0.25, -0.2) is 0 Å². The summed E-state index contributed by atoms with van der Waals surface area (Å²) >= 11 is 0. The Bertz CT molecular complexity index is 704. The van der Waals surface area contributed by atoms with Crippen LogP contribution in [0.3, 0.4) is 0 Å². The van der Waals surface area contributed by atoms with Gasteiger partial charge < -0.3 is 20.6 Å². The maximum Gasteiger partial charge on any atom is 0.249 e. The van der Waals surface area contributed by atoms with Gasteiger partial charge in [0.1, 0.15) is 6.10 Å². The van der Waals surface area contributed by atoms with E-state index in [0.29, 0.717) is 6.42 Å². The van der Waals surface area contributed by atoms with Crippen LogP contribution in [-0.4, -0.2) is 46.1 Å². The Morgan fingerprint density at radius 1 is 0.533 bits per heavy atom. The van der Waals surface area contributed by atoms with Gasteiger partial charge in [-0.3, -0.25) is 4.79 Å². The smallest absolute Gasteiger partial charge is 0.249 e. The van der Waals surface area contributed by atoms with E-state index in [4.69, 9.17) is 0 Å². The monoisotopic (exact) mass is 634 g/mol. The third kappa shape index (κ3) is 31.0. The van der Waals surface area contributed by atoms with Crippen LogP contribution in [0, 0.1) is 0 Å². The van der Waals surface area contributed by atoms with Gasteiger partial charge in [0.25, 0.3) is 0 Å². The van der Waals surface area contributed by atoms with E-state index >= 15 is 0 Å². The summed E-state index contributed by atoms with van der Waals surface area (Å²) in [5.41, 5.74) is 0. The molecule has 0 bridgehead atoms. The maximum absolute atomic E-state index is 12.4. The molecule has 0 aromatic heterocycles. The van der Waals surface area contributed by atoms with E-state index in [9.17, 15) is 20.1 Å². The first-order chi connectivity index (χ1) is 22.1. The second-order valence-corrected chi connectivity index (χ2v) is 13.1. The summed E-state index contributed by atoms with van der Waals surface area (Å²) < 4.78 is 0. The normalized spacial score (nSPS) is 14.2. The molecule has 5 nitrogen and oxygen atoms in total. The van der Waals surface area contributed by atoms with E-state index in [2.05, 4.69) is 43.5 Å². The number of carbonyl (C=O) groups is 1. The van der Waals surface area contributed by atoms with E-state index < -0.39 is 24.2 Å². The summed E-state index contributed by atoms with van der Waals surface area (Å²) in [6.45, 7) is 4.12. The second-order valence-electron chi connectivity index (χ2n) is 13.1. The predicted molar refractivity (Wildman–Crippen MR) is 194 cm³/mol. The Labute approximate surface area is 279 Å². The molecule has 0 heterocycles. The Balaban J connectivity index is 3.76. The number of aliphatic hydroxyl groups is 3. The van der Waals surface area contributed by atoms with Gasteiger partial charge in [-0.1, -0.05) is 166 Å². The first kappa shape index (κ1) is 43.6. The predicted octanol–water partition coefficient (Wildman–Crippen LogP) is 10.4. The number of unbranched alkanes of at least 4 members (excludes halogenated alkanes) is 22. The summed E-state index contributed by atoms with van der Waals surface area (Å²) in [5, 5.41) is 32.9. The zero-order valence-corrected chi connectivity index (χ0v) is 29.7. The van der Waals surface area contributed by atoms with Crippen LogP contribution in [0.5, 0.6) is 0 Å². The number of hydrogen-bond acceptors (Lipinski definition) is 4. The van der Waals surface area contributed by atoms with Crippen LogP contribution in [-0.2, 0) is 4.79 Å². The van der Waals surface area contributed by atoms with E-state index in [0.717, 1.165) is 51.4 Å².